The molecule has 1 aliphatic rings. The first-order valence-electron chi connectivity index (χ1n) is 9.34. The fourth-order valence-corrected chi connectivity index (χ4v) is 4.10. The van der Waals surface area contributed by atoms with E-state index in [9.17, 15) is 22.8 Å². The van der Waals surface area contributed by atoms with Crippen molar-refractivity contribution >= 4 is 39.0 Å². The average Bonchev–Trinajstić information content (AvgIpc) is 3.10. The van der Waals surface area contributed by atoms with E-state index >= 15 is 0 Å². The van der Waals surface area contributed by atoms with Gasteiger partial charge < -0.3 is 10.2 Å². The summed E-state index contributed by atoms with van der Waals surface area (Å²) in [6, 6.07) is 12.6. The van der Waals surface area contributed by atoms with Crippen LogP contribution < -0.4 is 10.2 Å². The minimum atomic E-state index is -3.56. The highest BCUT2D eigenvalue weighted by molar-refractivity contribution is 7.89. The van der Waals surface area contributed by atoms with Crippen LogP contribution in [-0.4, -0.2) is 51.0 Å². The van der Waals surface area contributed by atoms with E-state index in [-0.39, 0.29) is 35.5 Å². The zero-order valence-corrected chi connectivity index (χ0v) is 17.8. The van der Waals surface area contributed by atoms with Crippen molar-refractivity contribution in [2.75, 3.05) is 30.9 Å². The molecule has 2 aromatic carbocycles. The number of carbonyl (C=O) groups is 3. The summed E-state index contributed by atoms with van der Waals surface area (Å²) >= 11 is 0. The molecule has 0 bridgehead atoms. The first kappa shape index (κ1) is 21.7. The Kier molecular flexibility index (Phi) is 6.04. The van der Waals surface area contributed by atoms with E-state index in [2.05, 4.69) is 5.32 Å². The van der Waals surface area contributed by atoms with Crippen LogP contribution >= 0.6 is 0 Å². The summed E-state index contributed by atoms with van der Waals surface area (Å²) in [5.74, 6) is -1.18. The topological polar surface area (TPSA) is 104 Å². The minimum Gasteiger partial charge on any atom is -0.326 e. The van der Waals surface area contributed by atoms with Gasteiger partial charge in [0.2, 0.25) is 21.8 Å². The molecular formula is C21H23N3O5S. The van der Waals surface area contributed by atoms with Gasteiger partial charge in [0.1, 0.15) is 0 Å². The Morgan fingerprint density at radius 1 is 1.10 bits per heavy atom. The molecular weight excluding hydrogens is 406 g/mol. The first-order valence-corrected chi connectivity index (χ1v) is 10.8. The lowest BCUT2D eigenvalue weighted by Gasteiger charge is -2.18. The Morgan fingerprint density at radius 2 is 1.77 bits per heavy atom. The number of Topliss-reactive ketones (excluding diaryl/α,β-unsaturated/α-hetero) is 1. The van der Waals surface area contributed by atoms with Gasteiger partial charge in [-0.25, -0.2) is 12.7 Å². The summed E-state index contributed by atoms with van der Waals surface area (Å²) in [5, 5.41) is 2.76. The summed E-state index contributed by atoms with van der Waals surface area (Å²) in [6.45, 7) is 1.64. The Morgan fingerprint density at radius 3 is 2.37 bits per heavy atom. The molecule has 3 rings (SSSR count). The maximum Gasteiger partial charge on any atom is 0.242 e. The second kappa shape index (κ2) is 8.37. The number of carbonyl (C=O) groups excluding carboxylic acids is 3. The standard InChI is InChI=1S/C21H23N3O5S/c1-14(25)15-5-4-6-17(11-15)22-21(27)16-12-20(26)24(13-16)18-7-9-19(10-8-18)30(28,29)23(2)3/h4-11,16H,12-13H2,1-3H3,(H,22,27). The third kappa shape index (κ3) is 4.42. The van der Waals surface area contributed by atoms with E-state index in [0.29, 0.717) is 16.9 Å². The van der Waals surface area contributed by atoms with Crippen molar-refractivity contribution in [1.82, 2.24) is 4.31 Å². The van der Waals surface area contributed by atoms with Crippen LogP contribution in [-0.2, 0) is 19.6 Å². The summed E-state index contributed by atoms with van der Waals surface area (Å²) in [6.07, 6.45) is 0.0516. The third-order valence-electron chi connectivity index (χ3n) is 4.96. The van der Waals surface area contributed by atoms with Crippen molar-refractivity contribution in [3.05, 3.63) is 54.1 Å². The lowest BCUT2D eigenvalue weighted by Crippen LogP contribution is -2.28. The zero-order chi connectivity index (χ0) is 22.1. The third-order valence-corrected chi connectivity index (χ3v) is 6.79. The number of nitrogens with zero attached hydrogens (tertiary/aromatic N) is 2. The highest BCUT2D eigenvalue weighted by atomic mass is 32.2. The van der Waals surface area contributed by atoms with Crippen LogP contribution in [0.4, 0.5) is 11.4 Å². The molecule has 0 aromatic heterocycles. The minimum absolute atomic E-state index is 0.0516. The van der Waals surface area contributed by atoms with Crippen LogP contribution in [0, 0.1) is 5.92 Å². The second-order valence-corrected chi connectivity index (χ2v) is 9.46. The summed E-state index contributed by atoms with van der Waals surface area (Å²) in [7, 11) is -0.663. The normalized spacial score (nSPS) is 16.7. The molecule has 2 aromatic rings. The van der Waals surface area contributed by atoms with E-state index in [0.717, 1.165) is 4.31 Å². The van der Waals surface area contributed by atoms with Gasteiger partial charge >= 0.3 is 0 Å². The molecule has 1 fully saturated rings. The van der Waals surface area contributed by atoms with Crippen molar-refractivity contribution < 1.29 is 22.8 Å². The van der Waals surface area contributed by atoms with Crippen LogP contribution in [0.15, 0.2) is 53.4 Å². The van der Waals surface area contributed by atoms with E-state index in [1.54, 1.807) is 36.4 Å². The van der Waals surface area contributed by atoms with Crippen molar-refractivity contribution in [1.29, 1.82) is 0 Å². The van der Waals surface area contributed by atoms with Crippen LogP contribution in [0.25, 0.3) is 0 Å². The van der Waals surface area contributed by atoms with Crippen LogP contribution in [0.2, 0.25) is 0 Å². The Labute approximate surface area is 175 Å². The largest absolute Gasteiger partial charge is 0.326 e. The fourth-order valence-electron chi connectivity index (χ4n) is 3.20. The van der Waals surface area contributed by atoms with Gasteiger partial charge in [-0.15, -0.1) is 0 Å². The molecule has 0 spiro atoms. The van der Waals surface area contributed by atoms with Gasteiger partial charge in [-0.05, 0) is 43.3 Å². The van der Waals surface area contributed by atoms with Gasteiger partial charge in [-0.2, -0.15) is 0 Å². The average molecular weight is 429 g/mol. The number of rotatable bonds is 6. The van der Waals surface area contributed by atoms with Crippen LogP contribution in [0.5, 0.6) is 0 Å². The quantitative estimate of drug-likeness (QED) is 0.709. The van der Waals surface area contributed by atoms with Crippen LogP contribution in [0.3, 0.4) is 0 Å². The van der Waals surface area contributed by atoms with E-state index in [1.165, 1.54) is 38.1 Å². The number of anilines is 2. The summed E-state index contributed by atoms with van der Waals surface area (Å²) in [5.41, 5.74) is 1.52. The maximum atomic E-state index is 12.6. The van der Waals surface area contributed by atoms with Gasteiger partial charge in [0.25, 0.3) is 0 Å². The molecule has 9 heteroatoms. The smallest absolute Gasteiger partial charge is 0.242 e. The van der Waals surface area contributed by atoms with Gasteiger partial charge in [0.05, 0.1) is 10.8 Å². The predicted octanol–water partition coefficient (Wildman–Crippen LogP) is 2.13. The SMILES string of the molecule is CC(=O)c1cccc(NC(=O)C2CC(=O)N(c3ccc(S(=O)(=O)N(C)C)cc3)C2)c1. The Bertz CT molecular complexity index is 1090. The van der Waals surface area contributed by atoms with Crippen molar-refractivity contribution in [2.45, 2.75) is 18.2 Å². The molecule has 1 saturated heterocycles. The molecule has 0 radical (unpaired) electrons. The van der Waals surface area contributed by atoms with E-state index < -0.39 is 15.9 Å². The summed E-state index contributed by atoms with van der Waals surface area (Å²) < 4.78 is 25.5. The van der Waals surface area contributed by atoms with Gasteiger partial charge in [0, 0.05) is 44.0 Å². The second-order valence-electron chi connectivity index (χ2n) is 7.31. The lowest BCUT2D eigenvalue weighted by atomic mass is 10.1. The molecule has 1 heterocycles. The Hall–Kier alpha value is -3.04. The number of hydrogen-bond donors (Lipinski definition) is 1. The molecule has 1 unspecified atom stereocenters. The zero-order valence-electron chi connectivity index (χ0n) is 17.0. The molecule has 30 heavy (non-hydrogen) atoms. The first-order chi connectivity index (χ1) is 14.1. The van der Waals surface area contributed by atoms with Gasteiger partial charge in [-0.1, -0.05) is 12.1 Å². The van der Waals surface area contributed by atoms with Crippen LogP contribution in [0.1, 0.15) is 23.7 Å². The Balaban J connectivity index is 1.71. The fraction of sp³-hybridized carbons (Fsp3) is 0.286. The van der Waals surface area contributed by atoms with E-state index in [4.69, 9.17) is 0 Å². The highest BCUT2D eigenvalue weighted by Crippen LogP contribution is 2.27. The number of amides is 2. The molecule has 158 valence electrons. The van der Waals surface area contributed by atoms with Crippen molar-refractivity contribution in [2.24, 2.45) is 5.92 Å². The molecule has 1 aliphatic heterocycles. The van der Waals surface area contributed by atoms with Gasteiger partial charge in [-0.3, -0.25) is 14.4 Å². The number of hydrogen-bond acceptors (Lipinski definition) is 5. The summed E-state index contributed by atoms with van der Waals surface area (Å²) in [4.78, 5) is 38.2. The van der Waals surface area contributed by atoms with Crippen molar-refractivity contribution in [3.63, 3.8) is 0 Å². The number of nitrogens with one attached hydrogen (secondary N) is 1. The molecule has 1 atom stereocenters. The number of sulfonamides is 1. The molecule has 2 amide bonds. The number of ketones is 1. The van der Waals surface area contributed by atoms with Gasteiger partial charge in [0.15, 0.2) is 5.78 Å². The molecule has 8 nitrogen and oxygen atoms in total. The lowest BCUT2D eigenvalue weighted by molar-refractivity contribution is -0.122. The maximum absolute atomic E-state index is 12.6. The highest BCUT2D eigenvalue weighted by Gasteiger charge is 2.35. The van der Waals surface area contributed by atoms with E-state index in [1.807, 2.05) is 0 Å². The molecule has 0 aliphatic carbocycles. The predicted molar refractivity (Wildman–Crippen MR) is 113 cm³/mol. The molecule has 1 N–H and O–H groups in total. The molecule has 0 saturated carbocycles. The van der Waals surface area contributed by atoms with Crippen molar-refractivity contribution in [3.8, 4) is 0 Å². The number of benzene rings is 2. The monoisotopic (exact) mass is 429 g/mol.